The Morgan fingerprint density at radius 1 is 0.390 bits per heavy atom. The summed E-state index contributed by atoms with van der Waals surface area (Å²) in [6, 6.07) is 0. The Balaban J connectivity index is 4.16. The molecule has 0 spiro atoms. The fraction of sp³-hybridized carbons (Fsp3) is 0.694. The summed E-state index contributed by atoms with van der Waals surface area (Å²) in [5.74, 6) is -0.849. The van der Waals surface area contributed by atoms with Crippen LogP contribution in [0.5, 0.6) is 0 Å². The molecule has 0 saturated carbocycles. The molecule has 0 aromatic heterocycles. The fourth-order valence-corrected chi connectivity index (χ4v) is 9.63. The smallest absolute Gasteiger partial charge is 0.462 e. The Morgan fingerprint density at radius 2 is 0.695 bits per heavy atom. The lowest BCUT2D eigenvalue weighted by Crippen LogP contribution is -2.37. The van der Waals surface area contributed by atoms with E-state index in [1.807, 2.05) is 21.1 Å². The van der Waals surface area contributed by atoms with E-state index in [0.717, 1.165) is 89.9 Å². The Bertz CT molecular complexity index is 1800. The minimum absolute atomic E-state index is 0.0175. The van der Waals surface area contributed by atoms with Crippen molar-refractivity contribution < 1.29 is 42.1 Å². The van der Waals surface area contributed by atoms with Gasteiger partial charge in [-0.25, -0.2) is 4.57 Å². The molecule has 0 fully saturated rings. The van der Waals surface area contributed by atoms with Gasteiger partial charge in [0.15, 0.2) is 6.10 Å². The van der Waals surface area contributed by atoms with Gasteiger partial charge in [0.1, 0.15) is 19.8 Å². The summed E-state index contributed by atoms with van der Waals surface area (Å²) in [6.45, 7) is 4.27. The number of phosphoric ester groups is 1. The molecule has 0 heterocycles. The van der Waals surface area contributed by atoms with Crippen LogP contribution in [0.15, 0.2) is 122 Å². The molecular weight excluding hydrogens is 1040 g/mol. The average Bonchev–Trinajstić information content (AvgIpc) is 3.46. The molecule has 0 aliphatic carbocycles. The summed E-state index contributed by atoms with van der Waals surface area (Å²) in [5.41, 5.74) is 0. The standard InChI is InChI=1S/C72H124NO8P/c1-6-8-10-12-14-16-18-20-22-24-26-28-30-32-34-35-36-37-39-40-42-44-46-48-50-52-54-56-58-60-62-64-71(74)78-68-70(69-80-82(76,77)79-67-66-73(3,4)5)81-72(75)65-63-61-59-57-55-53-51-49-47-45-43-41-38-33-31-29-27-25-23-21-19-17-15-13-11-9-7-2/h9,11,15,17-18,20-21,23-24,26-27,29,33,38,43,45,49,51,55,57,70H,6-8,10,12-14,16,19,22,25,28,30-32,34-37,39-42,44,46-48,50,52-54,56,58-69H2,1-5H3/p+1/b11-9-,17-15-,20-18-,23-21-,26-24-,29-27-,38-33-,45-43-,51-49-,57-55-. The molecule has 0 saturated heterocycles. The number of carbonyl (C=O) groups is 2. The number of hydrogen-bond donors (Lipinski definition) is 1. The average molecular weight is 1160 g/mol. The van der Waals surface area contributed by atoms with E-state index in [2.05, 4.69) is 135 Å². The van der Waals surface area contributed by atoms with E-state index in [1.54, 1.807) is 0 Å². The van der Waals surface area contributed by atoms with E-state index < -0.39 is 26.5 Å². The van der Waals surface area contributed by atoms with Crippen LogP contribution in [0, 0.1) is 0 Å². The minimum Gasteiger partial charge on any atom is -0.462 e. The summed E-state index contributed by atoms with van der Waals surface area (Å²) in [7, 11) is 1.44. The number of quaternary nitrogens is 1. The molecule has 1 N–H and O–H groups in total. The Labute approximate surface area is 505 Å². The highest BCUT2D eigenvalue weighted by Crippen LogP contribution is 2.43. The molecule has 9 nitrogen and oxygen atoms in total. The van der Waals surface area contributed by atoms with Crippen LogP contribution in [0.2, 0.25) is 0 Å². The fourth-order valence-electron chi connectivity index (χ4n) is 8.89. The van der Waals surface area contributed by atoms with Crippen molar-refractivity contribution in [2.24, 2.45) is 0 Å². The van der Waals surface area contributed by atoms with E-state index in [-0.39, 0.29) is 32.0 Å². The van der Waals surface area contributed by atoms with Crippen LogP contribution >= 0.6 is 7.82 Å². The highest BCUT2D eigenvalue weighted by Gasteiger charge is 2.27. The van der Waals surface area contributed by atoms with Gasteiger partial charge in [-0.2, -0.15) is 0 Å². The lowest BCUT2D eigenvalue weighted by Gasteiger charge is -2.24. The van der Waals surface area contributed by atoms with Crippen molar-refractivity contribution in [3.8, 4) is 0 Å². The quantitative estimate of drug-likeness (QED) is 0.0211. The van der Waals surface area contributed by atoms with Gasteiger partial charge in [-0.05, 0) is 109 Å². The van der Waals surface area contributed by atoms with Gasteiger partial charge >= 0.3 is 19.8 Å². The minimum atomic E-state index is -4.41. The van der Waals surface area contributed by atoms with Gasteiger partial charge < -0.3 is 18.9 Å². The topological polar surface area (TPSA) is 108 Å². The maximum absolute atomic E-state index is 12.8. The lowest BCUT2D eigenvalue weighted by molar-refractivity contribution is -0.870. The summed E-state index contributed by atoms with van der Waals surface area (Å²) in [4.78, 5) is 35.8. The molecule has 0 aromatic carbocycles. The zero-order valence-corrected chi connectivity index (χ0v) is 54.3. The summed E-state index contributed by atoms with van der Waals surface area (Å²) >= 11 is 0. The Kier molecular flexibility index (Phi) is 59.2. The van der Waals surface area contributed by atoms with Crippen molar-refractivity contribution in [1.82, 2.24) is 0 Å². The number of rotatable bonds is 60. The van der Waals surface area contributed by atoms with Crippen molar-refractivity contribution in [2.45, 2.75) is 277 Å². The number of phosphoric acid groups is 1. The van der Waals surface area contributed by atoms with Crippen LogP contribution in [0.25, 0.3) is 0 Å². The van der Waals surface area contributed by atoms with Crippen LogP contribution in [0.3, 0.4) is 0 Å². The maximum Gasteiger partial charge on any atom is 0.472 e. The molecule has 470 valence electrons. The maximum atomic E-state index is 12.8. The first-order valence-electron chi connectivity index (χ1n) is 33.3. The molecule has 0 aliphatic heterocycles. The van der Waals surface area contributed by atoms with Crippen LogP contribution in [0.4, 0.5) is 0 Å². The second-order valence-corrected chi connectivity index (χ2v) is 24.6. The van der Waals surface area contributed by atoms with Gasteiger partial charge in [0, 0.05) is 12.8 Å². The number of carbonyl (C=O) groups excluding carboxylic acids is 2. The monoisotopic (exact) mass is 1160 g/mol. The van der Waals surface area contributed by atoms with E-state index in [4.69, 9.17) is 18.5 Å². The van der Waals surface area contributed by atoms with E-state index in [0.29, 0.717) is 17.4 Å². The third kappa shape index (κ3) is 65.6. The number of allylic oxidation sites excluding steroid dienone is 20. The number of nitrogens with zero attached hydrogens (tertiary/aromatic N) is 1. The third-order valence-corrected chi connectivity index (χ3v) is 15.0. The van der Waals surface area contributed by atoms with Crippen LogP contribution in [0.1, 0.15) is 271 Å². The Morgan fingerprint density at radius 3 is 1.06 bits per heavy atom. The summed E-state index contributed by atoms with van der Waals surface area (Å²) in [6.07, 6.45) is 88.7. The first-order chi connectivity index (χ1) is 40.0. The van der Waals surface area contributed by atoms with E-state index in [1.165, 1.54) is 148 Å². The van der Waals surface area contributed by atoms with Gasteiger partial charge in [0.2, 0.25) is 0 Å². The van der Waals surface area contributed by atoms with Crippen molar-refractivity contribution in [3.63, 3.8) is 0 Å². The van der Waals surface area contributed by atoms with Crippen LogP contribution in [-0.2, 0) is 32.7 Å². The second-order valence-electron chi connectivity index (χ2n) is 23.1. The predicted octanol–water partition coefficient (Wildman–Crippen LogP) is 21.5. The lowest BCUT2D eigenvalue weighted by atomic mass is 10.0. The number of ether oxygens (including phenoxy) is 2. The molecule has 0 aliphatic rings. The zero-order valence-electron chi connectivity index (χ0n) is 53.4. The van der Waals surface area contributed by atoms with Crippen molar-refractivity contribution in [2.75, 3.05) is 47.5 Å². The SMILES string of the molecule is CC/C=C\C/C=C\C/C=C\C/C=C\C/C=C\C/C=C\C/C=C\C/C=C\CCCCC(=O)OC(COC(=O)CCCCCCCCCCCCCCCCCCCCC/C=C\C/C=C\CCCCCCC)COP(=O)(O)OCC[N+](C)(C)C. The highest BCUT2D eigenvalue weighted by atomic mass is 31.2. The van der Waals surface area contributed by atoms with Crippen LogP contribution in [-0.4, -0.2) is 74.9 Å². The number of esters is 2. The largest absolute Gasteiger partial charge is 0.472 e. The first kappa shape index (κ1) is 78.4. The second kappa shape index (κ2) is 62.0. The molecule has 0 bridgehead atoms. The van der Waals surface area contributed by atoms with Crippen molar-refractivity contribution in [3.05, 3.63) is 122 Å². The van der Waals surface area contributed by atoms with E-state index >= 15 is 0 Å². The highest BCUT2D eigenvalue weighted by molar-refractivity contribution is 7.47. The molecule has 82 heavy (non-hydrogen) atoms. The molecule has 10 heteroatoms. The number of unbranched alkanes of at least 4 members (excludes halogenated alkanes) is 26. The molecule has 0 amide bonds. The van der Waals surface area contributed by atoms with Gasteiger partial charge in [0.05, 0.1) is 27.7 Å². The molecule has 0 aromatic rings. The van der Waals surface area contributed by atoms with Crippen LogP contribution < -0.4 is 0 Å². The molecule has 2 unspecified atom stereocenters. The van der Waals surface area contributed by atoms with Crippen molar-refractivity contribution >= 4 is 19.8 Å². The normalized spacial score (nSPS) is 14.0. The molecule has 2 atom stereocenters. The Hall–Kier alpha value is -3.59. The van der Waals surface area contributed by atoms with Gasteiger partial charge in [-0.1, -0.05) is 270 Å². The predicted molar refractivity (Wildman–Crippen MR) is 353 cm³/mol. The number of hydrogen-bond acceptors (Lipinski definition) is 7. The van der Waals surface area contributed by atoms with E-state index in [9.17, 15) is 19.0 Å². The molecular formula is C72H125NO8P+. The summed E-state index contributed by atoms with van der Waals surface area (Å²) < 4.78 is 34.6. The third-order valence-electron chi connectivity index (χ3n) is 14.0. The summed E-state index contributed by atoms with van der Waals surface area (Å²) in [5, 5.41) is 0. The first-order valence-corrected chi connectivity index (χ1v) is 34.8. The van der Waals surface area contributed by atoms with Gasteiger partial charge in [-0.3, -0.25) is 18.6 Å². The van der Waals surface area contributed by atoms with Gasteiger partial charge in [0.25, 0.3) is 0 Å². The zero-order chi connectivity index (χ0) is 59.8. The molecule has 0 radical (unpaired) electrons. The van der Waals surface area contributed by atoms with Crippen molar-refractivity contribution in [1.29, 1.82) is 0 Å². The number of likely N-dealkylation sites (N-methyl/N-ethyl adjacent to an activating group) is 1. The van der Waals surface area contributed by atoms with Gasteiger partial charge in [-0.15, -0.1) is 0 Å². The molecule has 0 rings (SSSR count).